The van der Waals surface area contributed by atoms with Crippen LogP contribution in [0.1, 0.15) is 50.6 Å². The third kappa shape index (κ3) is 3.27. The highest BCUT2D eigenvalue weighted by Crippen LogP contribution is 2.24. The minimum atomic E-state index is 0.144. The molecule has 1 atom stereocenters. The fourth-order valence-corrected chi connectivity index (χ4v) is 2.81. The van der Waals surface area contributed by atoms with Crippen LogP contribution in [0.5, 0.6) is 0 Å². The molecule has 0 saturated carbocycles. The van der Waals surface area contributed by atoms with Crippen LogP contribution in [0.25, 0.3) is 10.2 Å². The zero-order valence-corrected chi connectivity index (χ0v) is 11.2. The third-order valence-corrected chi connectivity index (χ3v) is 3.97. The summed E-state index contributed by atoms with van der Waals surface area (Å²) in [4.78, 5) is 4.44. The molecule has 2 heterocycles. The molecule has 0 aromatic carbocycles. The number of rotatable bonds is 6. The molecule has 0 aliphatic rings. The topological polar surface area (TPSA) is 38.9 Å². The summed E-state index contributed by atoms with van der Waals surface area (Å²) in [6.07, 6.45) is 8.10. The smallest absolute Gasteiger partial charge is 0.0809 e. The van der Waals surface area contributed by atoms with Crippen LogP contribution in [0.4, 0.5) is 0 Å². The van der Waals surface area contributed by atoms with Gasteiger partial charge in [-0.2, -0.15) is 0 Å². The van der Waals surface area contributed by atoms with Crippen molar-refractivity contribution in [3.05, 3.63) is 29.3 Å². The van der Waals surface area contributed by atoms with E-state index in [2.05, 4.69) is 29.4 Å². The van der Waals surface area contributed by atoms with Crippen LogP contribution in [0.15, 0.2) is 23.7 Å². The molecule has 2 aromatic heterocycles. The van der Waals surface area contributed by atoms with Gasteiger partial charge in [-0.1, -0.05) is 32.6 Å². The molecule has 0 aliphatic heterocycles. The Hall–Kier alpha value is -0.930. The van der Waals surface area contributed by atoms with Crippen molar-refractivity contribution in [2.24, 2.45) is 5.73 Å². The second-order valence-corrected chi connectivity index (χ2v) is 5.48. The summed E-state index contributed by atoms with van der Waals surface area (Å²) in [5, 5.41) is 2.08. The van der Waals surface area contributed by atoms with Gasteiger partial charge in [0.05, 0.1) is 10.2 Å². The van der Waals surface area contributed by atoms with Gasteiger partial charge in [0.2, 0.25) is 0 Å². The molecule has 0 spiro atoms. The van der Waals surface area contributed by atoms with Crippen molar-refractivity contribution in [3.63, 3.8) is 0 Å². The average Bonchev–Trinajstić information content (AvgIpc) is 2.81. The van der Waals surface area contributed by atoms with Gasteiger partial charge in [-0.15, -0.1) is 11.3 Å². The molecule has 0 fully saturated rings. The first-order valence-corrected chi connectivity index (χ1v) is 7.28. The molecule has 2 nitrogen and oxygen atoms in total. The van der Waals surface area contributed by atoms with E-state index in [4.69, 9.17) is 5.73 Å². The van der Waals surface area contributed by atoms with E-state index in [1.165, 1.54) is 35.9 Å². The van der Waals surface area contributed by atoms with Gasteiger partial charge < -0.3 is 5.73 Å². The molecule has 2 N–H and O–H groups in total. The first kappa shape index (κ1) is 12.5. The summed E-state index contributed by atoms with van der Waals surface area (Å²) in [5.74, 6) is 0. The van der Waals surface area contributed by atoms with Crippen LogP contribution in [-0.4, -0.2) is 4.98 Å². The molecular weight excluding hydrogens is 228 g/mol. The number of unbranched alkanes of at least 4 members (excludes halogenated alkanes) is 3. The lowest BCUT2D eigenvalue weighted by molar-refractivity contribution is 0.565. The normalized spacial score (nSPS) is 13.1. The summed E-state index contributed by atoms with van der Waals surface area (Å²) < 4.78 is 1.24. The van der Waals surface area contributed by atoms with Gasteiger partial charge in [0.15, 0.2) is 0 Å². The van der Waals surface area contributed by atoms with Crippen LogP contribution in [-0.2, 0) is 0 Å². The maximum absolute atomic E-state index is 6.20. The maximum atomic E-state index is 6.20. The number of nitrogens with two attached hydrogens (primary N) is 1. The lowest BCUT2D eigenvalue weighted by atomic mass is 10.0. The largest absolute Gasteiger partial charge is 0.324 e. The zero-order chi connectivity index (χ0) is 12.1. The maximum Gasteiger partial charge on any atom is 0.0809 e. The second kappa shape index (κ2) is 6.12. The summed E-state index contributed by atoms with van der Waals surface area (Å²) >= 11 is 1.73. The Labute approximate surface area is 107 Å². The van der Waals surface area contributed by atoms with Gasteiger partial charge in [-0.05, 0) is 29.5 Å². The van der Waals surface area contributed by atoms with Crippen molar-refractivity contribution in [1.82, 2.24) is 4.98 Å². The van der Waals surface area contributed by atoms with Crippen LogP contribution in [0, 0.1) is 0 Å². The monoisotopic (exact) mass is 248 g/mol. The minimum absolute atomic E-state index is 0.144. The molecule has 0 saturated heterocycles. The van der Waals surface area contributed by atoms with Gasteiger partial charge in [0, 0.05) is 12.2 Å². The van der Waals surface area contributed by atoms with Crippen molar-refractivity contribution in [3.8, 4) is 0 Å². The molecule has 17 heavy (non-hydrogen) atoms. The summed E-state index contributed by atoms with van der Waals surface area (Å²) in [6.45, 7) is 2.23. The van der Waals surface area contributed by atoms with Gasteiger partial charge in [0.1, 0.15) is 0 Å². The quantitative estimate of drug-likeness (QED) is 0.775. The first-order valence-electron chi connectivity index (χ1n) is 6.40. The fourth-order valence-electron chi connectivity index (χ4n) is 2.02. The second-order valence-electron chi connectivity index (χ2n) is 4.53. The number of fused-ring (bicyclic) bond motifs is 1. The van der Waals surface area contributed by atoms with Crippen molar-refractivity contribution in [2.45, 2.75) is 45.1 Å². The van der Waals surface area contributed by atoms with E-state index in [0.717, 1.165) is 11.9 Å². The number of nitrogens with zero attached hydrogens (tertiary/aromatic N) is 1. The summed E-state index contributed by atoms with van der Waals surface area (Å²) in [5.41, 5.74) is 8.46. The number of aromatic nitrogens is 1. The minimum Gasteiger partial charge on any atom is -0.324 e. The Morgan fingerprint density at radius 3 is 3.06 bits per heavy atom. The lowest BCUT2D eigenvalue weighted by Gasteiger charge is -2.11. The highest BCUT2D eigenvalue weighted by molar-refractivity contribution is 7.17. The Balaban J connectivity index is 1.95. The standard InChI is InChI=1S/C14H20N2S/c1-2-3-4-5-6-12(15)11-9-14-13(16-10-11)7-8-17-14/h7-10,12H,2-6,15H2,1H3. The Bertz CT molecular complexity index is 464. The van der Waals surface area contributed by atoms with E-state index < -0.39 is 0 Å². The molecule has 3 heteroatoms. The number of hydrogen-bond acceptors (Lipinski definition) is 3. The third-order valence-electron chi connectivity index (χ3n) is 3.12. The van der Waals surface area contributed by atoms with E-state index in [9.17, 15) is 0 Å². The number of thiophene rings is 1. The molecule has 0 aliphatic carbocycles. The van der Waals surface area contributed by atoms with Crippen LogP contribution >= 0.6 is 11.3 Å². The average molecular weight is 248 g/mol. The lowest BCUT2D eigenvalue weighted by Crippen LogP contribution is -2.10. The number of pyridine rings is 1. The first-order chi connectivity index (χ1) is 8.31. The molecule has 0 radical (unpaired) electrons. The van der Waals surface area contributed by atoms with Gasteiger partial charge in [0.25, 0.3) is 0 Å². The Morgan fingerprint density at radius 1 is 1.35 bits per heavy atom. The van der Waals surface area contributed by atoms with E-state index >= 15 is 0 Å². The highest BCUT2D eigenvalue weighted by Gasteiger charge is 2.07. The Kier molecular flexibility index (Phi) is 4.51. The van der Waals surface area contributed by atoms with Crippen LogP contribution < -0.4 is 5.73 Å². The predicted octanol–water partition coefficient (Wildman–Crippen LogP) is 4.27. The van der Waals surface area contributed by atoms with E-state index in [1.54, 1.807) is 11.3 Å². The summed E-state index contributed by atoms with van der Waals surface area (Å²) in [7, 11) is 0. The van der Waals surface area contributed by atoms with Crippen molar-refractivity contribution < 1.29 is 0 Å². The van der Waals surface area contributed by atoms with Gasteiger partial charge in [-0.25, -0.2) is 0 Å². The van der Waals surface area contributed by atoms with Crippen molar-refractivity contribution in [2.75, 3.05) is 0 Å². The van der Waals surface area contributed by atoms with Gasteiger partial charge >= 0.3 is 0 Å². The summed E-state index contributed by atoms with van der Waals surface area (Å²) in [6, 6.07) is 4.39. The predicted molar refractivity (Wildman–Crippen MR) is 75.3 cm³/mol. The van der Waals surface area contributed by atoms with Gasteiger partial charge in [-0.3, -0.25) is 4.98 Å². The fraction of sp³-hybridized carbons (Fsp3) is 0.500. The van der Waals surface area contributed by atoms with Crippen molar-refractivity contribution >= 4 is 21.6 Å². The molecule has 2 aromatic rings. The van der Waals surface area contributed by atoms with Crippen molar-refractivity contribution in [1.29, 1.82) is 0 Å². The van der Waals surface area contributed by atoms with E-state index in [1.807, 2.05) is 6.20 Å². The number of hydrogen-bond donors (Lipinski definition) is 1. The van der Waals surface area contributed by atoms with E-state index in [-0.39, 0.29) is 6.04 Å². The Morgan fingerprint density at radius 2 is 2.24 bits per heavy atom. The molecule has 0 amide bonds. The zero-order valence-electron chi connectivity index (χ0n) is 10.4. The molecular formula is C14H20N2S. The van der Waals surface area contributed by atoms with E-state index in [0.29, 0.717) is 0 Å². The molecule has 1 unspecified atom stereocenters. The van der Waals surface area contributed by atoms with Crippen LogP contribution in [0.3, 0.4) is 0 Å². The molecule has 2 rings (SSSR count). The molecule has 0 bridgehead atoms. The molecule has 92 valence electrons. The van der Waals surface area contributed by atoms with Crippen LogP contribution in [0.2, 0.25) is 0 Å². The highest BCUT2D eigenvalue weighted by atomic mass is 32.1. The SMILES string of the molecule is CCCCCCC(N)c1cnc2ccsc2c1.